The topological polar surface area (TPSA) is 76.4 Å². The molecule has 2 aromatic rings. The van der Waals surface area contributed by atoms with E-state index in [1.54, 1.807) is 24.3 Å². The van der Waals surface area contributed by atoms with Gasteiger partial charge in [0, 0.05) is 24.2 Å². The Hall–Kier alpha value is -2.26. The summed E-state index contributed by atoms with van der Waals surface area (Å²) in [7, 11) is 1.49. The average Bonchev–Trinajstić information content (AvgIpc) is 2.99. The highest BCUT2D eigenvalue weighted by Crippen LogP contribution is 2.31. The predicted octanol–water partition coefficient (Wildman–Crippen LogP) is 3.73. The van der Waals surface area contributed by atoms with Crippen molar-refractivity contribution in [2.45, 2.75) is 19.1 Å². The van der Waals surface area contributed by atoms with E-state index in [0.717, 1.165) is 6.92 Å². The predicted molar refractivity (Wildman–Crippen MR) is 90.3 cm³/mol. The highest BCUT2D eigenvalue weighted by atomic mass is 35.5. The van der Waals surface area contributed by atoms with Gasteiger partial charge in [-0.05, 0) is 31.2 Å². The molecule has 0 saturated carbocycles. The van der Waals surface area contributed by atoms with Crippen LogP contribution in [0, 0.1) is 0 Å². The summed E-state index contributed by atoms with van der Waals surface area (Å²) in [4.78, 5) is 12.5. The second-order valence-electron chi connectivity index (χ2n) is 5.40. The Labute approximate surface area is 152 Å². The average molecular weight is 392 g/mol. The van der Waals surface area contributed by atoms with Gasteiger partial charge < -0.3 is 19.9 Å². The molecule has 1 atom stereocenters. The van der Waals surface area contributed by atoms with Crippen molar-refractivity contribution in [1.29, 1.82) is 0 Å². The third-order valence-electron chi connectivity index (χ3n) is 3.46. The third kappa shape index (κ3) is 4.89. The van der Waals surface area contributed by atoms with E-state index in [-0.39, 0.29) is 23.7 Å². The lowest BCUT2D eigenvalue weighted by Gasteiger charge is -2.17. The van der Waals surface area contributed by atoms with Crippen LogP contribution in [0.3, 0.4) is 0 Å². The van der Waals surface area contributed by atoms with Gasteiger partial charge in [0.2, 0.25) is 0 Å². The van der Waals surface area contributed by atoms with Crippen LogP contribution in [-0.2, 0) is 4.74 Å². The first-order valence-electron chi connectivity index (χ1n) is 7.60. The molecule has 0 fully saturated rings. The van der Waals surface area contributed by atoms with Gasteiger partial charge in [-0.3, -0.25) is 4.79 Å². The smallest absolute Gasteiger partial charge is 0.383 e. The van der Waals surface area contributed by atoms with Crippen molar-refractivity contribution < 1.29 is 27.2 Å². The van der Waals surface area contributed by atoms with Crippen molar-refractivity contribution in [3.63, 3.8) is 0 Å². The van der Waals surface area contributed by atoms with Gasteiger partial charge in [0.25, 0.3) is 5.91 Å². The Bertz CT molecular complexity index is 747. The summed E-state index contributed by atoms with van der Waals surface area (Å²) < 4.78 is 48.4. The molecular weight excluding hydrogens is 375 g/mol. The molecule has 1 aromatic heterocycles. The zero-order chi connectivity index (χ0) is 19.3. The molecule has 0 spiro atoms. The molecule has 0 saturated heterocycles. The Kier molecular flexibility index (Phi) is 6.49. The molecule has 26 heavy (non-hydrogen) atoms. The van der Waals surface area contributed by atoms with Crippen LogP contribution in [0.4, 0.5) is 19.0 Å². The molecule has 2 rings (SSSR count). The van der Waals surface area contributed by atoms with Gasteiger partial charge in [-0.2, -0.15) is 13.2 Å². The number of rotatable bonds is 7. The number of carbonyl (C=O) groups is 1. The lowest BCUT2D eigenvalue weighted by Crippen LogP contribution is -2.43. The van der Waals surface area contributed by atoms with Crippen LogP contribution in [0.2, 0.25) is 5.02 Å². The molecule has 1 heterocycles. The number of carbonyl (C=O) groups excluding carboxylic acids is 1. The SMILES string of the molecule is COCCNc1noc(-c2ccc(Cl)cc2)c1C(=O)NC(C)C(F)(F)F. The Morgan fingerprint density at radius 3 is 2.58 bits per heavy atom. The molecule has 0 bridgehead atoms. The van der Waals surface area contributed by atoms with Gasteiger partial charge in [-0.25, -0.2) is 0 Å². The van der Waals surface area contributed by atoms with Gasteiger partial charge in [0.05, 0.1) is 6.61 Å². The highest BCUT2D eigenvalue weighted by Gasteiger charge is 2.38. The first-order valence-corrected chi connectivity index (χ1v) is 7.97. The fourth-order valence-corrected chi connectivity index (χ4v) is 2.17. The first-order chi connectivity index (χ1) is 12.2. The maximum atomic E-state index is 12.8. The normalized spacial score (nSPS) is 12.7. The number of alkyl halides is 3. The Balaban J connectivity index is 2.36. The molecule has 0 aliphatic rings. The fourth-order valence-electron chi connectivity index (χ4n) is 2.04. The number of benzene rings is 1. The van der Waals surface area contributed by atoms with Gasteiger partial charge in [0.15, 0.2) is 11.6 Å². The molecule has 2 N–H and O–H groups in total. The van der Waals surface area contributed by atoms with E-state index >= 15 is 0 Å². The standard InChI is InChI=1S/C16H17ClF3N3O3/c1-9(16(18,19)20)22-15(24)12-13(10-3-5-11(17)6-4-10)26-23-14(12)21-7-8-25-2/h3-6,9H,7-8H2,1-2H3,(H,21,23)(H,22,24). The molecule has 0 radical (unpaired) electrons. The monoisotopic (exact) mass is 391 g/mol. The van der Waals surface area contributed by atoms with Crippen LogP contribution in [0.5, 0.6) is 0 Å². The van der Waals surface area contributed by atoms with Crippen LogP contribution in [-0.4, -0.2) is 43.5 Å². The van der Waals surface area contributed by atoms with Gasteiger partial charge in [-0.1, -0.05) is 16.8 Å². The number of nitrogens with one attached hydrogen (secondary N) is 2. The lowest BCUT2D eigenvalue weighted by molar-refractivity contribution is -0.149. The lowest BCUT2D eigenvalue weighted by atomic mass is 10.1. The number of nitrogens with zero attached hydrogens (tertiary/aromatic N) is 1. The molecule has 10 heteroatoms. The molecule has 6 nitrogen and oxygen atoms in total. The van der Waals surface area contributed by atoms with Gasteiger partial charge >= 0.3 is 6.18 Å². The first kappa shape index (κ1) is 20.1. The van der Waals surface area contributed by atoms with Crippen molar-refractivity contribution >= 4 is 23.3 Å². The number of hydrogen-bond acceptors (Lipinski definition) is 5. The van der Waals surface area contributed by atoms with Crippen molar-refractivity contribution in [1.82, 2.24) is 10.5 Å². The van der Waals surface area contributed by atoms with Gasteiger partial charge in [0.1, 0.15) is 11.6 Å². The largest absolute Gasteiger partial charge is 0.408 e. The van der Waals surface area contributed by atoms with E-state index in [0.29, 0.717) is 17.2 Å². The summed E-state index contributed by atoms with van der Waals surface area (Å²) in [6.07, 6.45) is -4.57. The van der Waals surface area contributed by atoms with E-state index in [2.05, 4.69) is 10.5 Å². The molecular formula is C16H17ClF3N3O3. The Morgan fingerprint density at radius 2 is 2.00 bits per heavy atom. The summed E-state index contributed by atoms with van der Waals surface area (Å²) in [6, 6.07) is 4.25. The number of ether oxygens (including phenoxy) is 1. The van der Waals surface area contributed by atoms with E-state index in [4.69, 9.17) is 20.9 Å². The summed E-state index contributed by atoms with van der Waals surface area (Å²) in [5.74, 6) is -0.895. The number of anilines is 1. The van der Waals surface area contributed by atoms with Crippen LogP contribution in [0.1, 0.15) is 17.3 Å². The molecule has 1 unspecified atom stereocenters. The summed E-state index contributed by atoms with van der Waals surface area (Å²) in [6.45, 7) is 1.45. The van der Waals surface area contributed by atoms with E-state index in [1.165, 1.54) is 7.11 Å². The zero-order valence-electron chi connectivity index (χ0n) is 14.0. The Morgan fingerprint density at radius 1 is 1.35 bits per heavy atom. The van der Waals surface area contributed by atoms with E-state index in [1.807, 2.05) is 5.32 Å². The minimum Gasteiger partial charge on any atom is -0.383 e. The van der Waals surface area contributed by atoms with Crippen molar-refractivity contribution in [2.24, 2.45) is 0 Å². The van der Waals surface area contributed by atoms with Crippen LogP contribution < -0.4 is 10.6 Å². The second kappa shape index (κ2) is 8.41. The van der Waals surface area contributed by atoms with E-state index < -0.39 is 18.1 Å². The maximum Gasteiger partial charge on any atom is 0.408 e. The summed E-state index contributed by atoms with van der Waals surface area (Å²) in [5.41, 5.74) is 0.325. The van der Waals surface area contributed by atoms with E-state index in [9.17, 15) is 18.0 Å². The number of amides is 1. The minimum atomic E-state index is -4.57. The van der Waals surface area contributed by atoms with Crippen LogP contribution in [0.25, 0.3) is 11.3 Å². The second-order valence-corrected chi connectivity index (χ2v) is 5.83. The zero-order valence-corrected chi connectivity index (χ0v) is 14.7. The third-order valence-corrected chi connectivity index (χ3v) is 3.71. The summed E-state index contributed by atoms with van der Waals surface area (Å²) >= 11 is 5.83. The molecule has 142 valence electrons. The number of methoxy groups -OCH3 is 1. The van der Waals surface area contributed by atoms with Crippen molar-refractivity contribution in [3.8, 4) is 11.3 Å². The van der Waals surface area contributed by atoms with Crippen molar-refractivity contribution in [2.75, 3.05) is 25.6 Å². The van der Waals surface area contributed by atoms with Crippen LogP contribution in [0.15, 0.2) is 28.8 Å². The highest BCUT2D eigenvalue weighted by molar-refractivity contribution is 6.30. The van der Waals surface area contributed by atoms with Gasteiger partial charge in [-0.15, -0.1) is 0 Å². The number of hydrogen-bond donors (Lipinski definition) is 2. The van der Waals surface area contributed by atoms with Crippen LogP contribution >= 0.6 is 11.6 Å². The molecule has 1 aromatic carbocycles. The number of aromatic nitrogens is 1. The summed E-state index contributed by atoms with van der Waals surface area (Å²) in [5, 5.41) is 8.95. The minimum absolute atomic E-state index is 0.0267. The fraction of sp³-hybridized carbons (Fsp3) is 0.375. The molecule has 1 amide bonds. The molecule has 0 aliphatic heterocycles. The quantitative estimate of drug-likeness (QED) is 0.703. The maximum absolute atomic E-state index is 12.8. The van der Waals surface area contributed by atoms with Crippen molar-refractivity contribution in [3.05, 3.63) is 34.9 Å². The number of halogens is 4. The molecule has 0 aliphatic carbocycles.